The second-order valence-electron chi connectivity index (χ2n) is 7.99. The first-order valence-corrected chi connectivity index (χ1v) is 10.3. The summed E-state index contributed by atoms with van der Waals surface area (Å²) >= 11 is 0. The SMILES string of the molecule is CCCCCCCCCC(CCC(C)(C)CNCC)C(OC)OC. The maximum absolute atomic E-state index is 5.58. The van der Waals surface area contributed by atoms with Gasteiger partial charge in [-0.25, -0.2) is 0 Å². The number of ether oxygens (including phenoxy) is 2. The van der Waals surface area contributed by atoms with E-state index in [9.17, 15) is 0 Å². The Morgan fingerprint density at radius 3 is 1.96 bits per heavy atom. The van der Waals surface area contributed by atoms with E-state index in [-0.39, 0.29) is 6.29 Å². The molecule has 0 aromatic heterocycles. The van der Waals surface area contributed by atoms with Gasteiger partial charge in [0, 0.05) is 26.7 Å². The van der Waals surface area contributed by atoms with Crippen molar-refractivity contribution < 1.29 is 9.47 Å². The number of hydrogen-bond acceptors (Lipinski definition) is 3. The molecule has 0 aliphatic heterocycles. The van der Waals surface area contributed by atoms with Gasteiger partial charge in [0.15, 0.2) is 6.29 Å². The lowest BCUT2D eigenvalue weighted by Crippen LogP contribution is -2.31. The molecule has 1 unspecified atom stereocenters. The lowest BCUT2D eigenvalue weighted by atomic mass is 9.83. The van der Waals surface area contributed by atoms with E-state index in [0.717, 1.165) is 13.1 Å². The molecule has 0 aromatic rings. The van der Waals surface area contributed by atoms with E-state index >= 15 is 0 Å². The normalized spacial score (nSPS) is 13.6. The van der Waals surface area contributed by atoms with Crippen molar-refractivity contribution >= 4 is 0 Å². The van der Waals surface area contributed by atoms with Gasteiger partial charge in [-0.1, -0.05) is 72.6 Å². The van der Waals surface area contributed by atoms with Gasteiger partial charge in [-0.3, -0.25) is 0 Å². The highest BCUT2D eigenvalue weighted by Gasteiger charge is 2.25. The molecule has 24 heavy (non-hydrogen) atoms. The number of unbranched alkanes of at least 4 members (excludes halogenated alkanes) is 6. The summed E-state index contributed by atoms with van der Waals surface area (Å²) in [6, 6.07) is 0. The van der Waals surface area contributed by atoms with Crippen LogP contribution < -0.4 is 5.32 Å². The van der Waals surface area contributed by atoms with Crippen molar-refractivity contribution in [2.45, 2.75) is 98.2 Å². The predicted octanol–water partition coefficient (Wildman–Crippen LogP) is 5.78. The smallest absolute Gasteiger partial charge is 0.159 e. The quantitative estimate of drug-likeness (QED) is 0.268. The van der Waals surface area contributed by atoms with Gasteiger partial charge in [0.05, 0.1) is 0 Å². The molecule has 0 saturated heterocycles. The van der Waals surface area contributed by atoms with Crippen molar-refractivity contribution in [1.29, 1.82) is 0 Å². The van der Waals surface area contributed by atoms with Crippen LogP contribution in [-0.4, -0.2) is 33.6 Å². The minimum absolute atomic E-state index is 0.0555. The molecule has 0 rings (SSSR count). The first-order chi connectivity index (χ1) is 11.5. The van der Waals surface area contributed by atoms with E-state index in [1.54, 1.807) is 14.2 Å². The molecule has 0 amide bonds. The van der Waals surface area contributed by atoms with Crippen molar-refractivity contribution in [1.82, 2.24) is 5.32 Å². The van der Waals surface area contributed by atoms with Crippen LogP contribution in [0.1, 0.15) is 91.9 Å². The highest BCUT2D eigenvalue weighted by atomic mass is 16.7. The van der Waals surface area contributed by atoms with Crippen LogP contribution in [0.3, 0.4) is 0 Å². The van der Waals surface area contributed by atoms with Crippen LogP contribution in [0.25, 0.3) is 0 Å². The summed E-state index contributed by atoms with van der Waals surface area (Å²) in [5.74, 6) is 0.511. The summed E-state index contributed by atoms with van der Waals surface area (Å²) in [7, 11) is 3.55. The Bertz CT molecular complexity index is 265. The van der Waals surface area contributed by atoms with E-state index in [0.29, 0.717) is 11.3 Å². The van der Waals surface area contributed by atoms with Crippen molar-refractivity contribution in [2.75, 3.05) is 27.3 Å². The van der Waals surface area contributed by atoms with Crippen LogP contribution in [0.15, 0.2) is 0 Å². The molecule has 0 heterocycles. The average Bonchev–Trinajstić information content (AvgIpc) is 2.57. The summed E-state index contributed by atoms with van der Waals surface area (Å²) in [5.41, 5.74) is 0.334. The zero-order chi connectivity index (χ0) is 18.3. The Labute approximate surface area is 152 Å². The fourth-order valence-electron chi connectivity index (χ4n) is 3.39. The van der Waals surface area contributed by atoms with Crippen molar-refractivity contribution in [2.24, 2.45) is 11.3 Å². The molecule has 1 atom stereocenters. The van der Waals surface area contributed by atoms with Gasteiger partial charge in [-0.15, -0.1) is 0 Å². The Balaban J connectivity index is 4.19. The highest BCUT2D eigenvalue weighted by molar-refractivity contribution is 4.75. The minimum atomic E-state index is -0.0555. The van der Waals surface area contributed by atoms with E-state index in [1.165, 1.54) is 64.2 Å². The van der Waals surface area contributed by atoms with Gasteiger partial charge in [0.2, 0.25) is 0 Å². The first-order valence-electron chi connectivity index (χ1n) is 10.3. The van der Waals surface area contributed by atoms with Gasteiger partial charge < -0.3 is 14.8 Å². The number of methoxy groups -OCH3 is 2. The molecular weight excluding hydrogens is 298 g/mol. The third-order valence-electron chi connectivity index (χ3n) is 5.07. The lowest BCUT2D eigenvalue weighted by Gasteiger charge is -2.30. The first kappa shape index (κ1) is 23.9. The van der Waals surface area contributed by atoms with Gasteiger partial charge in [0.1, 0.15) is 0 Å². The number of hydrogen-bond donors (Lipinski definition) is 1. The molecule has 1 N–H and O–H groups in total. The topological polar surface area (TPSA) is 30.5 Å². The van der Waals surface area contributed by atoms with E-state index in [4.69, 9.17) is 9.47 Å². The maximum Gasteiger partial charge on any atom is 0.159 e. The summed E-state index contributed by atoms with van der Waals surface area (Å²) < 4.78 is 11.2. The van der Waals surface area contributed by atoms with Crippen molar-refractivity contribution in [3.8, 4) is 0 Å². The van der Waals surface area contributed by atoms with Crippen molar-refractivity contribution in [3.63, 3.8) is 0 Å². The summed E-state index contributed by atoms with van der Waals surface area (Å²) in [6.45, 7) is 11.3. The Kier molecular flexibility index (Phi) is 15.1. The summed E-state index contributed by atoms with van der Waals surface area (Å²) in [5, 5.41) is 3.48. The van der Waals surface area contributed by atoms with Gasteiger partial charge >= 0.3 is 0 Å². The molecule has 0 aliphatic carbocycles. The average molecular weight is 344 g/mol. The maximum atomic E-state index is 5.58. The number of rotatable bonds is 17. The molecule has 0 radical (unpaired) electrons. The molecular formula is C21H45NO2. The molecule has 146 valence electrons. The van der Waals surface area contributed by atoms with Crippen molar-refractivity contribution in [3.05, 3.63) is 0 Å². The van der Waals surface area contributed by atoms with Crippen LogP contribution in [0.5, 0.6) is 0 Å². The monoisotopic (exact) mass is 343 g/mol. The van der Waals surface area contributed by atoms with Gasteiger partial charge in [0.25, 0.3) is 0 Å². The summed E-state index contributed by atoms with van der Waals surface area (Å²) in [4.78, 5) is 0. The zero-order valence-electron chi connectivity index (χ0n) is 17.5. The molecule has 0 saturated carbocycles. The fourth-order valence-corrected chi connectivity index (χ4v) is 3.39. The molecule has 3 heteroatoms. The molecule has 0 bridgehead atoms. The predicted molar refractivity (Wildman–Crippen MR) is 105 cm³/mol. The third kappa shape index (κ3) is 12.3. The Hall–Kier alpha value is -0.120. The van der Waals surface area contributed by atoms with Crippen LogP contribution in [0.4, 0.5) is 0 Å². The minimum Gasteiger partial charge on any atom is -0.356 e. The molecule has 0 aromatic carbocycles. The van der Waals surface area contributed by atoms with Crippen LogP contribution in [0, 0.1) is 11.3 Å². The second-order valence-corrected chi connectivity index (χ2v) is 7.99. The molecule has 0 fully saturated rings. The van der Waals surface area contributed by atoms with Crippen LogP contribution in [-0.2, 0) is 9.47 Å². The summed E-state index contributed by atoms with van der Waals surface area (Å²) in [6.07, 6.45) is 13.1. The molecule has 0 spiro atoms. The standard InChI is InChI=1S/C21H45NO2/c1-7-9-10-11-12-13-14-15-19(20(23-5)24-6)16-17-21(3,4)18-22-8-2/h19-20,22H,7-18H2,1-6H3. The Morgan fingerprint density at radius 2 is 1.42 bits per heavy atom. The Morgan fingerprint density at radius 1 is 0.833 bits per heavy atom. The van der Waals surface area contributed by atoms with Crippen LogP contribution >= 0.6 is 0 Å². The van der Waals surface area contributed by atoms with E-state index in [1.807, 2.05) is 0 Å². The fraction of sp³-hybridized carbons (Fsp3) is 1.00. The highest BCUT2D eigenvalue weighted by Crippen LogP contribution is 2.29. The lowest BCUT2D eigenvalue weighted by molar-refractivity contribution is -0.142. The second kappa shape index (κ2) is 15.2. The molecule has 0 aliphatic rings. The van der Waals surface area contributed by atoms with Gasteiger partial charge in [-0.2, -0.15) is 0 Å². The largest absolute Gasteiger partial charge is 0.356 e. The van der Waals surface area contributed by atoms with E-state index < -0.39 is 0 Å². The molecule has 3 nitrogen and oxygen atoms in total. The third-order valence-corrected chi connectivity index (χ3v) is 5.07. The number of nitrogens with one attached hydrogen (secondary N) is 1. The van der Waals surface area contributed by atoms with E-state index in [2.05, 4.69) is 33.0 Å². The van der Waals surface area contributed by atoms with Gasteiger partial charge in [-0.05, 0) is 31.2 Å². The zero-order valence-corrected chi connectivity index (χ0v) is 17.5. The van der Waals surface area contributed by atoms with Crippen LogP contribution in [0.2, 0.25) is 0 Å².